The lowest BCUT2D eigenvalue weighted by atomic mass is 9.83. The molecule has 10 heteroatoms. The molecule has 4 unspecified atom stereocenters. The van der Waals surface area contributed by atoms with E-state index >= 15 is 0 Å². The van der Waals surface area contributed by atoms with E-state index in [4.69, 9.17) is 4.79 Å². The van der Waals surface area contributed by atoms with Gasteiger partial charge in [-0.2, -0.15) is 0 Å². The molecule has 7 fully saturated rings. The SMILES string of the molecule is C/C=C/c1ccccc1.C=CC.CBr.CC.CC.CC.CC.CC1CCCC(C=O)C1.CC=O.CCCc1ccccc1.O=CC1CCCC(C=O)C1.O=CC1CCCCC1.O=CC1CCCCC1.O=CC1CCCCC1.O=CC1CCCCC1.O=CC1CCCCC1.c1ccccc1. The topological polar surface area (TPSA) is 154 Å². The third-order valence-electron chi connectivity index (χ3n) is 16.7. The molecule has 7 aliphatic carbocycles. The zero-order valence-corrected chi connectivity index (χ0v) is 67.5. The molecule has 0 spiro atoms. The van der Waals surface area contributed by atoms with Crippen molar-refractivity contribution in [1.82, 2.24) is 0 Å². The van der Waals surface area contributed by atoms with Crippen LogP contribution in [0.25, 0.3) is 6.08 Å². The first kappa shape index (κ1) is 107. The monoisotopic (exact) mass is 1440 g/mol. The van der Waals surface area contributed by atoms with Gasteiger partial charge in [-0.05, 0) is 146 Å². The van der Waals surface area contributed by atoms with Gasteiger partial charge in [-0.15, -0.1) is 6.58 Å². The summed E-state index contributed by atoms with van der Waals surface area (Å²) in [5.74, 6) is 5.33. The minimum absolute atomic E-state index is 0.156. The molecule has 0 N–H and O–H groups in total. The first-order valence-corrected chi connectivity index (χ1v) is 40.8. The summed E-state index contributed by atoms with van der Waals surface area (Å²) in [5, 5.41) is 0. The molecule has 4 atom stereocenters. The Morgan fingerprint density at radius 2 is 0.545 bits per heavy atom. The van der Waals surface area contributed by atoms with Gasteiger partial charge in [-0.3, -0.25) is 0 Å². The Morgan fingerprint density at radius 1 is 0.333 bits per heavy atom. The second-order valence-electron chi connectivity index (χ2n) is 24.7. The van der Waals surface area contributed by atoms with Gasteiger partial charge < -0.3 is 43.2 Å². The summed E-state index contributed by atoms with van der Waals surface area (Å²) < 4.78 is 0. The molecule has 99 heavy (non-hydrogen) atoms. The maximum atomic E-state index is 10.3. The number of halogens is 1. The smallest absolute Gasteiger partial charge is 0.123 e. The lowest BCUT2D eigenvalue weighted by Crippen LogP contribution is -2.17. The van der Waals surface area contributed by atoms with Crippen molar-refractivity contribution < 1.29 is 43.2 Å². The van der Waals surface area contributed by atoms with Crippen molar-refractivity contribution in [2.24, 2.45) is 53.3 Å². The van der Waals surface area contributed by atoms with E-state index in [1.165, 1.54) is 140 Å². The molecule has 568 valence electrons. The summed E-state index contributed by atoms with van der Waals surface area (Å²) in [6, 6.07) is 32.8. The highest BCUT2D eigenvalue weighted by atomic mass is 79.9. The zero-order chi connectivity index (χ0) is 75.9. The fraction of sp³-hybridized carbons (Fsp3) is 0.652. The predicted molar refractivity (Wildman–Crippen MR) is 434 cm³/mol. The number of benzene rings is 3. The third-order valence-corrected chi connectivity index (χ3v) is 16.7. The fourth-order valence-corrected chi connectivity index (χ4v) is 11.5. The molecule has 10 rings (SSSR count). The highest BCUT2D eigenvalue weighted by Crippen LogP contribution is 2.28. The molecule has 0 amide bonds. The number of rotatable bonds is 11. The van der Waals surface area contributed by atoms with Crippen molar-refractivity contribution in [2.75, 3.05) is 5.83 Å². The number of aldehydes is 9. The van der Waals surface area contributed by atoms with Gasteiger partial charge in [0.1, 0.15) is 56.6 Å². The van der Waals surface area contributed by atoms with Crippen LogP contribution < -0.4 is 0 Å². The Morgan fingerprint density at radius 3 is 0.747 bits per heavy atom. The summed E-state index contributed by atoms with van der Waals surface area (Å²) >= 11 is 2.94. The van der Waals surface area contributed by atoms with Crippen LogP contribution in [0.5, 0.6) is 0 Å². The molecule has 7 saturated carbocycles. The standard InChI is InChI=1S/C9H12.C9H10.C8H12O2.C8H14O.5C7H12O.C6H6.C3H6.C2H4O.4C2H6.CH3Br/c2*1-2-6-9-7-4-3-5-8-9;9-5-7-2-1-3-8(4-7)6-10;1-7-3-2-4-8(5-7)6-9;5*8-6-7-4-2-1-3-5-7;1-2-4-6-5-3-1;1-3-2;1-2-3;5*1-2/h3-5,7-8H,2,6H2,1H3;2-8H,1H3;5-8H,1-4H2;6-8H,2-5H2,1H3;5*6-7H,1-5H2;1-6H;3H,1H2,2H3;2H,1H3;4*1-2H3;1H3/b;6-2+;;;;;;;;;;;;;;;. The van der Waals surface area contributed by atoms with E-state index in [2.05, 4.69) is 84.9 Å². The van der Waals surface area contributed by atoms with Crippen LogP contribution in [0.15, 0.2) is 116 Å². The Bertz CT molecular complexity index is 1910. The average Bonchev–Trinajstić information content (AvgIpc) is 1.50. The Hall–Kier alpha value is -5.35. The molecule has 7 aliphatic rings. The third kappa shape index (κ3) is 78.2. The lowest BCUT2D eigenvalue weighted by molar-refractivity contribution is -0.116. The maximum absolute atomic E-state index is 10.3. The first-order valence-electron chi connectivity index (χ1n) is 39.2. The van der Waals surface area contributed by atoms with Crippen LogP contribution in [0.3, 0.4) is 0 Å². The first-order chi connectivity index (χ1) is 48.5. The van der Waals surface area contributed by atoms with Crippen molar-refractivity contribution in [1.29, 1.82) is 0 Å². The van der Waals surface area contributed by atoms with E-state index in [-0.39, 0.29) is 11.8 Å². The van der Waals surface area contributed by atoms with E-state index < -0.39 is 0 Å². The van der Waals surface area contributed by atoms with Crippen LogP contribution >= 0.6 is 15.9 Å². The van der Waals surface area contributed by atoms with E-state index in [0.29, 0.717) is 35.5 Å². The number of aryl methyl sites for hydroxylation is 1. The van der Waals surface area contributed by atoms with Gasteiger partial charge in [-0.1, -0.05) is 322 Å². The zero-order valence-electron chi connectivity index (χ0n) is 65.9. The molecule has 0 aliphatic heterocycles. The van der Waals surface area contributed by atoms with Gasteiger partial charge in [0.25, 0.3) is 0 Å². The molecule has 3 aromatic rings. The fourth-order valence-electron chi connectivity index (χ4n) is 11.5. The molecule has 0 heterocycles. The summed E-state index contributed by atoms with van der Waals surface area (Å²) in [6.07, 6.45) is 57.1. The number of hydrogen-bond donors (Lipinski definition) is 0. The van der Waals surface area contributed by atoms with E-state index in [1.54, 1.807) is 6.08 Å². The molecule has 3 aromatic carbocycles. The Balaban J connectivity index is -0.000000186. The van der Waals surface area contributed by atoms with Crippen LogP contribution in [0.2, 0.25) is 0 Å². The molecule has 0 aromatic heterocycles. The van der Waals surface area contributed by atoms with E-state index in [0.717, 1.165) is 165 Å². The second kappa shape index (κ2) is 94.7. The van der Waals surface area contributed by atoms with Crippen molar-refractivity contribution >= 4 is 78.6 Å². The number of allylic oxidation sites excluding steroid dienone is 2. The summed E-state index contributed by atoms with van der Waals surface area (Å²) in [6.45, 7) is 29.1. The van der Waals surface area contributed by atoms with Crippen LogP contribution in [0.4, 0.5) is 0 Å². The normalized spacial score (nSPS) is 18.8. The second-order valence-corrected chi connectivity index (χ2v) is 24.7. The molecule has 0 saturated heterocycles. The van der Waals surface area contributed by atoms with Gasteiger partial charge in [-0.25, -0.2) is 0 Å². The molecular weight excluding hydrogens is 1290 g/mol. The Kier molecular flexibility index (Phi) is 102. The Labute approximate surface area is 618 Å². The van der Waals surface area contributed by atoms with Gasteiger partial charge in [0.2, 0.25) is 0 Å². The van der Waals surface area contributed by atoms with Gasteiger partial charge in [0.05, 0.1) is 0 Å². The number of alkyl halides is 1. The maximum Gasteiger partial charge on any atom is 0.123 e. The van der Waals surface area contributed by atoms with Gasteiger partial charge >= 0.3 is 0 Å². The molecule has 9 nitrogen and oxygen atoms in total. The number of hydrogen-bond acceptors (Lipinski definition) is 9. The quantitative estimate of drug-likeness (QED) is 0.104. The van der Waals surface area contributed by atoms with Crippen molar-refractivity contribution in [3.63, 3.8) is 0 Å². The molecule has 0 radical (unpaired) electrons. The number of carbonyl (C=O) groups excluding carboxylic acids is 9. The molecule has 0 bridgehead atoms. The van der Waals surface area contributed by atoms with E-state index in [1.807, 2.05) is 136 Å². The number of carbonyl (C=O) groups is 9. The minimum atomic E-state index is 0.156. The van der Waals surface area contributed by atoms with Crippen LogP contribution in [-0.4, -0.2) is 62.4 Å². The average molecular weight is 1450 g/mol. The van der Waals surface area contributed by atoms with Gasteiger partial charge in [0, 0.05) is 47.3 Å². The van der Waals surface area contributed by atoms with Crippen LogP contribution in [0, 0.1) is 53.3 Å². The highest BCUT2D eigenvalue weighted by molar-refractivity contribution is 9.08. The van der Waals surface area contributed by atoms with E-state index in [9.17, 15) is 38.4 Å². The predicted octanol–water partition coefficient (Wildman–Crippen LogP) is 25.6. The van der Waals surface area contributed by atoms with Crippen LogP contribution in [-0.2, 0) is 49.6 Å². The van der Waals surface area contributed by atoms with Crippen molar-refractivity contribution in [3.05, 3.63) is 127 Å². The van der Waals surface area contributed by atoms with Crippen molar-refractivity contribution in [3.8, 4) is 0 Å². The highest BCUT2D eigenvalue weighted by Gasteiger charge is 2.21. The van der Waals surface area contributed by atoms with Crippen molar-refractivity contribution in [2.45, 2.75) is 315 Å². The summed E-state index contributed by atoms with van der Waals surface area (Å²) in [7, 11) is 0. The largest absolute Gasteiger partial charge is 0.304 e. The summed E-state index contributed by atoms with van der Waals surface area (Å²) in [4.78, 5) is 90.5. The van der Waals surface area contributed by atoms with Gasteiger partial charge in [0.15, 0.2) is 0 Å². The van der Waals surface area contributed by atoms with Crippen LogP contribution in [0.1, 0.15) is 319 Å². The summed E-state index contributed by atoms with van der Waals surface area (Å²) in [5.41, 5.74) is 2.71. The minimum Gasteiger partial charge on any atom is -0.304 e. The lowest BCUT2D eigenvalue weighted by Gasteiger charge is -2.21. The molecular formula is C89H151BrO9.